The lowest BCUT2D eigenvalue weighted by atomic mass is 9.81. The van der Waals surface area contributed by atoms with E-state index in [-0.39, 0.29) is 17.7 Å². The number of aliphatic hydroxyl groups is 1. The zero-order valence-electron chi connectivity index (χ0n) is 14.1. The fourth-order valence-electron chi connectivity index (χ4n) is 2.17. The third-order valence-electron chi connectivity index (χ3n) is 4.62. The van der Waals surface area contributed by atoms with E-state index in [0.717, 1.165) is 12.0 Å². The van der Waals surface area contributed by atoms with Crippen molar-refractivity contribution in [1.82, 2.24) is 5.32 Å². The maximum Gasteiger partial charge on any atom is 0.228 e. The Morgan fingerprint density at radius 1 is 1.19 bits per heavy atom. The molecule has 0 radical (unpaired) electrons. The molecule has 0 saturated carbocycles. The van der Waals surface area contributed by atoms with Gasteiger partial charge in [-0.25, -0.2) is 0 Å². The molecule has 21 heavy (non-hydrogen) atoms. The maximum absolute atomic E-state index is 12.8. The van der Waals surface area contributed by atoms with E-state index in [1.165, 1.54) is 0 Å². The van der Waals surface area contributed by atoms with Crippen LogP contribution in [0.1, 0.15) is 59.4 Å². The molecule has 118 valence electrons. The molecule has 1 aromatic rings. The number of carbonyl (C=O) groups excluding carboxylic acids is 1. The van der Waals surface area contributed by atoms with Gasteiger partial charge in [0.25, 0.3) is 0 Å². The molecular formula is C18H29NO2. The average molecular weight is 291 g/mol. The molecule has 0 bridgehead atoms. The van der Waals surface area contributed by atoms with E-state index in [0.29, 0.717) is 0 Å². The van der Waals surface area contributed by atoms with E-state index in [1.54, 1.807) is 13.8 Å². The summed E-state index contributed by atoms with van der Waals surface area (Å²) in [6.45, 7) is 11.3. The molecule has 2 unspecified atom stereocenters. The molecule has 0 aromatic heterocycles. The molecule has 1 rings (SSSR count). The number of hydrogen-bond donors (Lipinski definition) is 2. The lowest BCUT2D eigenvalue weighted by molar-refractivity contribution is -0.128. The van der Waals surface area contributed by atoms with Gasteiger partial charge in [0.05, 0.1) is 17.1 Å². The lowest BCUT2D eigenvalue weighted by Crippen LogP contribution is -2.58. The summed E-state index contributed by atoms with van der Waals surface area (Å²) < 4.78 is 0. The molecule has 3 nitrogen and oxygen atoms in total. The number of carbonyl (C=O) groups is 1. The molecule has 1 amide bonds. The molecule has 0 heterocycles. The van der Waals surface area contributed by atoms with Crippen molar-refractivity contribution < 1.29 is 9.90 Å². The largest absolute Gasteiger partial charge is 0.388 e. The molecule has 0 saturated heterocycles. The molecule has 0 aliphatic heterocycles. The van der Waals surface area contributed by atoms with E-state index in [2.05, 4.69) is 19.2 Å². The third kappa shape index (κ3) is 4.31. The van der Waals surface area contributed by atoms with Crippen LogP contribution < -0.4 is 5.32 Å². The number of hydrogen-bond acceptors (Lipinski definition) is 2. The Morgan fingerprint density at radius 2 is 1.71 bits per heavy atom. The highest BCUT2D eigenvalue weighted by molar-refractivity contribution is 5.84. The molecule has 2 atom stereocenters. The van der Waals surface area contributed by atoms with Crippen molar-refractivity contribution in [2.45, 2.75) is 65.0 Å². The van der Waals surface area contributed by atoms with Crippen LogP contribution in [0.15, 0.2) is 30.3 Å². The van der Waals surface area contributed by atoms with E-state index >= 15 is 0 Å². The van der Waals surface area contributed by atoms with Crippen molar-refractivity contribution in [3.05, 3.63) is 35.9 Å². The SMILES string of the molecule is CCC(C)C(C(=O)NC(C)(C)C(C)(C)O)c1ccccc1. The first-order chi connectivity index (χ1) is 9.60. The van der Waals surface area contributed by atoms with E-state index in [9.17, 15) is 9.90 Å². The molecule has 1 aromatic carbocycles. The van der Waals surface area contributed by atoms with Gasteiger partial charge in [0.15, 0.2) is 0 Å². The minimum Gasteiger partial charge on any atom is -0.388 e. The standard InChI is InChI=1S/C18H29NO2/c1-7-13(2)15(14-11-9-8-10-12-14)16(20)19-17(3,4)18(5,6)21/h8-13,15,21H,7H2,1-6H3,(H,19,20). The van der Waals surface area contributed by atoms with Gasteiger partial charge in [0.2, 0.25) is 5.91 Å². The van der Waals surface area contributed by atoms with Crippen molar-refractivity contribution >= 4 is 5.91 Å². The predicted molar refractivity (Wildman–Crippen MR) is 87.2 cm³/mol. The Labute approximate surface area is 128 Å². The number of nitrogens with one attached hydrogen (secondary N) is 1. The van der Waals surface area contributed by atoms with E-state index in [1.807, 2.05) is 44.2 Å². The van der Waals surface area contributed by atoms with Crippen molar-refractivity contribution in [3.63, 3.8) is 0 Å². The summed E-state index contributed by atoms with van der Waals surface area (Å²) in [5, 5.41) is 13.2. The Bertz CT molecular complexity index is 460. The predicted octanol–water partition coefficient (Wildman–Crippen LogP) is 3.48. The fraction of sp³-hybridized carbons (Fsp3) is 0.611. The van der Waals surface area contributed by atoms with Gasteiger partial charge >= 0.3 is 0 Å². The topological polar surface area (TPSA) is 49.3 Å². The first-order valence-electron chi connectivity index (χ1n) is 7.69. The van der Waals surface area contributed by atoms with Crippen LogP contribution in [0.2, 0.25) is 0 Å². The van der Waals surface area contributed by atoms with Gasteiger partial charge in [-0.2, -0.15) is 0 Å². The molecule has 2 N–H and O–H groups in total. The van der Waals surface area contributed by atoms with Gasteiger partial charge < -0.3 is 10.4 Å². The normalized spacial score (nSPS) is 15.4. The molecular weight excluding hydrogens is 262 g/mol. The molecule has 0 aliphatic rings. The van der Waals surface area contributed by atoms with E-state index < -0.39 is 11.1 Å². The van der Waals surface area contributed by atoms with Crippen LogP contribution in [-0.2, 0) is 4.79 Å². The first-order valence-corrected chi connectivity index (χ1v) is 7.69. The van der Waals surface area contributed by atoms with Gasteiger partial charge in [-0.15, -0.1) is 0 Å². The quantitative estimate of drug-likeness (QED) is 0.843. The minimum atomic E-state index is -0.987. The van der Waals surface area contributed by atoms with Gasteiger partial charge in [-0.1, -0.05) is 50.6 Å². The number of rotatable bonds is 6. The average Bonchev–Trinajstić information content (AvgIpc) is 2.38. The van der Waals surface area contributed by atoms with Gasteiger partial charge in [-0.3, -0.25) is 4.79 Å². The highest BCUT2D eigenvalue weighted by atomic mass is 16.3. The zero-order valence-corrected chi connectivity index (χ0v) is 14.1. The second kappa shape index (κ2) is 6.61. The molecule has 3 heteroatoms. The van der Waals surface area contributed by atoms with Gasteiger partial charge in [0.1, 0.15) is 0 Å². The molecule has 0 aliphatic carbocycles. The Kier molecular flexibility index (Phi) is 5.57. The second-order valence-electron chi connectivity index (χ2n) is 6.95. The van der Waals surface area contributed by atoms with Crippen LogP contribution in [0, 0.1) is 5.92 Å². The third-order valence-corrected chi connectivity index (χ3v) is 4.62. The van der Waals surface area contributed by atoms with E-state index in [4.69, 9.17) is 0 Å². The van der Waals surface area contributed by atoms with Crippen molar-refractivity contribution in [2.24, 2.45) is 5.92 Å². The summed E-state index contributed by atoms with van der Waals surface area (Å²) in [4.78, 5) is 12.8. The van der Waals surface area contributed by atoms with Crippen LogP contribution in [-0.4, -0.2) is 22.2 Å². The Balaban J connectivity index is 3.03. The van der Waals surface area contributed by atoms with Crippen molar-refractivity contribution in [1.29, 1.82) is 0 Å². The first kappa shape index (κ1) is 17.7. The van der Waals surface area contributed by atoms with Crippen LogP contribution in [0.3, 0.4) is 0 Å². The highest BCUT2D eigenvalue weighted by Gasteiger charge is 2.38. The minimum absolute atomic E-state index is 0.0253. The van der Waals surface area contributed by atoms with Crippen LogP contribution in [0.4, 0.5) is 0 Å². The van der Waals surface area contributed by atoms with Gasteiger partial charge in [0, 0.05) is 0 Å². The summed E-state index contributed by atoms with van der Waals surface area (Å²) in [5.74, 6) is 0.0190. The number of benzene rings is 1. The van der Waals surface area contributed by atoms with Crippen LogP contribution in [0.25, 0.3) is 0 Å². The zero-order chi connectivity index (χ0) is 16.3. The Morgan fingerprint density at radius 3 is 2.14 bits per heavy atom. The monoisotopic (exact) mass is 291 g/mol. The Hall–Kier alpha value is -1.35. The van der Waals surface area contributed by atoms with Crippen LogP contribution in [0.5, 0.6) is 0 Å². The summed E-state index contributed by atoms with van der Waals surface area (Å²) in [6, 6.07) is 9.86. The second-order valence-corrected chi connectivity index (χ2v) is 6.95. The summed E-state index contributed by atoms with van der Waals surface area (Å²) >= 11 is 0. The highest BCUT2D eigenvalue weighted by Crippen LogP contribution is 2.29. The lowest BCUT2D eigenvalue weighted by Gasteiger charge is -2.39. The summed E-state index contributed by atoms with van der Waals surface area (Å²) in [6.07, 6.45) is 0.927. The molecule has 0 spiro atoms. The summed E-state index contributed by atoms with van der Waals surface area (Å²) in [5.41, 5.74) is -0.653. The van der Waals surface area contributed by atoms with Crippen molar-refractivity contribution in [3.8, 4) is 0 Å². The summed E-state index contributed by atoms with van der Waals surface area (Å²) in [7, 11) is 0. The molecule has 0 fully saturated rings. The smallest absolute Gasteiger partial charge is 0.228 e. The van der Waals surface area contributed by atoms with Crippen molar-refractivity contribution in [2.75, 3.05) is 0 Å². The van der Waals surface area contributed by atoms with Gasteiger partial charge in [-0.05, 0) is 39.2 Å². The number of amides is 1. The fourth-order valence-corrected chi connectivity index (χ4v) is 2.17. The van der Waals surface area contributed by atoms with Crippen LogP contribution >= 0.6 is 0 Å². The maximum atomic E-state index is 12.8.